The number of hydrogen-bond acceptors (Lipinski definition) is 3. The van der Waals surface area contributed by atoms with Gasteiger partial charge in [0.25, 0.3) is 6.71 Å². The second kappa shape index (κ2) is 12.9. The highest BCUT2D eigenvalue weighted by Gasteiger charge is 2.50. The first-order chi connectivity index (χ1) is 29.7. The molecule has 3 heterocycles. The number of nitrogens with zero attached hydrogens (tertiary/aromatic N) is 2. The minimum Gasteiger partial charge on any atom is -0.473 e. The molecule has 0 bridgehead atoms. The van der Waals surface area contributed by atoms with Crippen molar-refractivity contribution in [1.82, 2.24) is 0 Å². The van der Waals surface area contributed by atoms with Gasteiger partial charge in [0.2, 0.25) is 0 Å². The van der Waals surface area contributed by atoms with Crippen molar-refractivity contribution < 1.29 is 11.3 Å². The summed E-state index contributed by atoms with van der Waals surface area (Å²) < 4.78 is 52.9. The first kappa shape index (κ1) is 31.3. The van der Waals surface area contributed by atoms with Crippen molar-refractivity contribution in [3.63, 3.8) is 0 Å². The summed E-state index contributed by atoms with van der Waals surface area (Å²) in [6.07, 6.45) is 1.47. The van der Waals surface area contributed by atoms with E-state index >= 15 is 0 Å². The van der Waals surface area contributed by atoms with E-state index in [1.807, 2.05) is 4.90 Å². The fourth-order valence-corrected chi connectivity index (χ4v) is 9.64. The number of para-hydroxylation sites is 1. The van der Waals surface area contributed by atoms with Gasteiger partial charge in [-0.05, 0) is 111 Å². The van der Waals surface area contributed by atoms with Crippen LogP contribution in [0.4, 0.5) is 34.1 Å². The van der Waals surface area contributed by atoms with Gasteiger partial charge in [-0.15, -0.1) is 0 Å². The first-order valence-electron chi connectivity index (χ1n) is 23.1. The number of benzene rings is 6. The molecule has 0 amide bonds. The van der Waals surface area contributed by atoms with E-state index in [1.54, 1.807) is 0 Å². The molecule has 0 saturated heterocycles. The number of anilines is 6. The van der Waals surface area contributed by atoms with Crippen LogP contribution in [0.3, 0.4) is 0 Å². The quantitative estimate of drug-likeness (QED) is 0.167. The smallest absolute Gasteiger partial charge is 0.297 e. The van der Waals surface area contributed by atoms with Crippen LogP contribution < -0.4 is 26.4 Å². The molecule has 0 N–H and O–H groups in total. The average Bonchev–Trinajstić information content (AvgIpc) is 3.73. The summed E-state index contributed by atoms with van der Waals surface area (Å²) in [5.41, 5.74) is 15.8. The molecule has 1 aromatic heterocycles. The molecule has 2 aliphatic heterocycles. The van der Waals surface area contributed by atoms with Crippen molar-refractivity contribution in [2.24, 2.45) is 5.41 Å². The van der Waals surface area contributed by atoms with Crippen LogP contribution >= 0.6 is 0 Å². The van der Waals surface area contributed by atoms with Crippen molar-refractivity contribution in [3.05, 3.63) is 161 Å². The summed E-state index contributed by atoms with van der Waals surface area (Å²) in [5, 5.41) is 0. The summed E-state index contributed by atoms with van der Waals surface area (Å²) in [4.78, 5) is 4.45. The predicted octanol–water partition coefficient (Wildman–Crippen LogP) is 12.7. The van der Waals surface area contributed by atoms with E-state index in [1.165, 1.54) is 5.56 Å². The topological polar surface area (TPSA) is 19.6 Å². The third kappa shape index (κ3) is 5.78. The van der Waals surface area contributed by atoms with Crippen molar-refractivity contribution in [3.8, 4) is 22.3 Å². The minimum absolute atomic E-state index is 0.0822. The zero-order valence-electron chi connectivity index (χ0n) is 40.1. The van der Waals surface area contributed by atoms with Crippen LogP contribution in [-0.4, -0.2) is 6.71 Å². The molecule has 0 radical (unpaired) electrons. The summed E-state index contributed by atoms with van der Waals surface area (Å²) in [7, 11) is 0. The molecule has 288 valence electrons. The van der Waals surface area contributed by atoms with Gasteiger partial charge in [0.05, 0.1) is 23.9 Å². The van der Waals surface area contributed by atoms with Crippen LogP contribution in [0.5, 0.6) is 0 Å². The standard InChI is InChI=1S/C54H53BN2O/c1-34-27-40(35-19-13-10-14-20-35)49(41(28-34)36-21-15-11-16-22-36)57-44-26-25-37(52(2,3)4)29-43(44)55-48-45(30-38(31-46(48)57)53(5,6)7)56(39-23-17-12-18-24-39)50-42-32-54(8,9)33-47(42)58-51(50)55/h10-31H,32-33H2,1-9H3/i12D,17D,18D,23D,24D. The van der Waals surface area contributed by atoms with Gasteiger partial charge in [-0.3, -0.25) is 0 Å². The van der Waals surface area contributed by atoms with Gasteiger partial charge >= 0.3 is 0 Å². The molecule has 6 aromatic carbocycles. The van der Waals surface area contributed by atoms with Crippen LogP contribution in [0.2, 0.25) is 0 Å². The Labute approximate surface area is 352 Å². The normalized spacial score (nSPS) is 16.4. The fraction of sp³-hybridized carbons (Fsp3) is 0.259. The second-order valence-corrected chi connectivity index (χ2v) is 19.5. The van der Waals surface area contributed by atoms with E-state index in [0.29, 0.717) is 0 Å². The first-order valence-corrected chi connectivity index (χ1v) is 20.6. The Balaban J connectivity index is 1.41. The molecular weight excluding hydrogens is 703 g/mol. The number of furan rings is 1. The van der Waals surface area contributed by atoms with E-state index in [0.717, 1.165) is 103 Å². The number of rotatable bonds is 4. The largest absolute Gasteiger partial charge is 0.473 e. The third-order valence-corrected chi connectivity index (χ3v) is 12.4. The van der Waals surface area contributed by atoms with Gasteiger partial charge in [-0.25, -0.2) is 0 Å². The van der Waals surface area contributed by atoms with Crippen LogP contribution in [-0.2, 0) is 23.7 Å². The molecular formula is C54H53BN2O. The zero-order valence-corrected chi connectivity index (χ0v) is 35.1. The third-order valence-electron chi connectivity index (χ3n) is 12.4. The summed E-state index contributed by atoms with van der Waals surface area (Å²) in [6, 6.07) is 35.7. The molecule has 0 spiro atoms. The highest BCUT2D eigenvalue weighted by molar-refractivity contribution is 6.99. The van der Waals surface area contributed by atoms with Gasteiger partial charge in [0, 0.05) is 45.9 Å². The molecule has 10 rings (SSSR count). The monoisotopic (exact) mass is 761 g/mol. The van der Waals surface area contributed by atoms with E-state index in [-0.39, 0.29) is 52.8 Å². The Morgan fingerprint density at radius 1 is 0.638 bits per heavy atom. The van der Waals surface area contributed by atoms with E-state index in [2.05, 4.69) is 170 Å². The van der Waals surface area contributed by atoms with Crippen LogP contribution in [0, 0.1) is 12.3 Å². The molecule has 58 heavy (non-hydrogen) atoms. The highest BCUT2D eigenvalue weighted by atomic mass is 16.3. The summed E-state index contributed by atoms with van der Waals surface area (Å²) >= 11 is 0. The number of aryl methyl sites for hydroxylation is 1. The van der Waals surface area contributed by atoms with E-state index in [4.69, 9.17) is 8.53 Å². The van der Waals surface area contributed by atoms with Crippen LogP contribution in [0.25, 0.3) is 22.3 Å². The number of hydrogen-bond donors (Lipinski definition) is 0. The molecule has 1 aliphatic carbocycles. The number of fused-ring (bicyclic) bond motifs is 6. The average molecular weight is 762 g/mol. The maximum Gasteiger partial charge on any atom is 0.297 e. The van der Waals surface area contributed by atoms with Crippen molar-refractivity contribution >= 4 is 57.4 Å². The lowest BCUT2D eigenvalue weighted by molar-refractivity contribution is 0.368. The van der Waals surface area contributed by atoms with Crippen molar-refractivity contribution in [2.75, 3.05) is 9.80 Å². The Morgan fingerprint density at radius 3 is 1.81 bits per heavy atom. The lowest BCUT2D eigenvalue weighted by Gasteiger charge is -2.45. The highest BCUT2D eigenvalue weighted by Crippen LogP contribution is 2.53. The van der Waals surface area contributed by atoms with Gasteiger partial charge in [-0.1, -0.05) is 146 Å². The summed E-state index contributed by atoms with van der Waals surface area (Å²) in [6.45, 7) is 19.7. The fourth-order valence-electron chi connectivity index (χ4n) is 9.64. The second-order valence-electron chi connectivity index (χ2n) is 19.5. The lowest BCUT2D eigenvalue weighted by Crippen LogP contribution is -2.61. The maximum atomic E-state index is 9.52. The molecule has 4 heteroatoms. The van der Waals surface area contributed by atoms with E-state index < -0.39 is 6.04 Å². The molecule has 0 atom stereocenters. The minimum atomic E-state index is -0.413. The molecule has 0 unspecified atom stereocenters. The van der Waals surface area contributed by atoms with Gasteiger partial charge < -0.3 is 14.2 Å². The van der Waals surface area contributed by atoms with Crippen LogP contribution in [0.15, 0.2) is 138 Å². The SMILES string of the molecule is [2H]c1c([2H])c([2H])c(N2c3cc(C(C)(C)C)cc4c3B(c3cc(C(C)(C)C)ccc3N4c3c(-c4ccccc4)cc(C)cc3-c3ccccc3)c3oc4c(c32)CC(C)(C)C4)c([2H])c1[2H]. The molecule has 3 aliphatic rings. The molecule has 0 saturated carbocycles. The molecule has 7 aromatic rings. The van der Waals surface area contributed by atoms with E-state index in [9.17, 15) is 2.74 Å². The van der Waals surface area contributed by atoms with Crippen molar-refractivity contribution in [2.45, 2.75) is 86.0 Å². The molecule has 0 fully saturated rings. The van der Waals surface area contributed by atoms with Gasteiger partial charge in [0.15, 0.2) is 0 Å². The maximum absolute atomic E-state index is 9.52. The zero-order chi connectivity index (χ0) is 44.7. The Bertz CT molecular complexity index is 2940. The van der Waals surface area contributed by atoms with Crippen molar-refractivity contribution in [1.29, 1.82) is 0 Å². The Kier molecular flexibility index (Phi) is 6.95. The van der Waals surface area contributed by atoms with Gasteiger partial charge in [0.1, 0.15) is 5.76 Å². The van der Waals surface area contributed by atoms with Crippen LogP contribution in [0.1, 0.15) is 90.3 Å². The predicted molar refractivity (Wildman–Crippen MR) is 247 cm³/mol. The molecule has 3 nitrogen and oxygen atoms in total. The Morgan fingerprint density at radius 2 is 1.22 bits per heavy atom. The van der Waals surface area contributed by atoms with Gasteiger partial charge in [-0.2, -0.15) is 0 Å². The Hall–Kier alpha value is -5.74. The lowest BCUT2D eigenvalue weighted by atomic mass is 9.35. The summed E-state index contributed by atoms with van der Waals surface area (Å²) in [5.74, 6) is 0.903.